The molecule has 0 radical (unpaired) electrons. The van der Waals surface area contributed by atoms with Gasteiger partial charge in [0, 0.05) is 19.1 Å². The van der Waals surface area contributed by atoms with E-state index in [9.17, 15) is 23.1 Å². The van der Waals surface area contributed by atoms with Gasteiger partial charge in [-0.25, -0.2) is 0 Å². The van der Waals surface area contributed by atoms with Gasteiger partial charge in [-0.2, -0.15) is 13.2 Å². The van der Waals surface area contributed by atoms with E-state index in [1.165, 1.54) is 7.11 Å². The quantitative estimate of drug-likeness (QED) is 0.762. The summed E-state index contributed by atoms with van der Waals surface area (Å²) in [5, 5.41) is 9.86. The SMILES string of the molecule is COC(=O)C[C@@H]1CC[C@@H]2[C@H](COC[C@H](O)CN2CCC(F)(F)F)O1. The van der Waals surface area contributed by atoms with Crippen molar-refractivity contribution in [1.29, 1.82) is 0 Å². The van der Waals surface area contributed by atoms with Crippen molar-refractivity contribution < 1.29 is 37.3 Å². The first-order valence-electron chi connectivity index (χ1n) is 8.07. The average molecular weight is 355 g/mol. The molecule has 0 aliphatic carbocycles. The molecule has 140 valence electrons. The predicted octanol–water partition coefficient (Wildman–Crippen LogP) is 1.11. The summed E-state index contributed by atoms with van der Waals surface area (Å²) < 4.78 is 53.6. The van der Waals surface area contributed by atoms with E-state index in [0.29, 0.717) is 12.8 Å². The molecular formula is C15H24F3NO5. The van der Waals surface area contributed by atoms with Gasteiger partial charge in [0.15, 0.2) is 0 Å². The summed E-state index contributed by atoms with van der Waals surface area (Å²) in [7, 11) is 1.30. The Morgan fingerprint density at radius 3 is 2.75 bits per heavy atom. The minimum absolute atomic E-state index is 0.0523. The molecular weight excluding hydrogens is 331 g/mol. The Morgan fingerprint density at radius 2 is 2.08 bits per heavy atom. The van der Waals surface area contributed by atoms with Crippen molar-refractivity contribution in [3.63, 3.8) is 0 Å². The summed E-state index contributed by atoms with van der Waals surface area (Å²) in [5.41, 5.74) is 0. The van der Waals surface area contributed by atoms with Crippen molar-refractivity contribution >= 4 is 5.97 Å². The Balaban J connectivity index is 2.01. The van der Waals surface area contributed by atoms with Crippen LogP contribution >= 0.6 is 0 Å². The number of ether oxygens (including phenoxy) is 3. The summed E-state index contributed by atoms with van der Waals surface area (Å²) >= 11 is 0. The van der Waals surface area contributed by atoms with E-state index in [1.54, 1.807) is 4.90 Å². The number of halogens is 3. The fourth-order valence-electron chi connectivity index (χ4n) is 3.24. The first-order valence-corrected chi connectivity index (χ1v) is 8.07. The number of aliphatic hydroxyl groups excluding tert-OH is 1. The summed E-state index contributed by atoms with van der Waals surface area (Å²) in [4.78, 5) is 13.0. The Kier molecular flexibility index (Phi) is 6.85. The minimum atomic E-state index is -4.25. The lowest BCUT2D eigenvalue weighted by Crippen LogP contribution is -2.56. The highest BCUT2D eigenvalue weighted by Crippen LogP contribution is 2.29. The topological polar surface area (TPSA) is 68.2 Å². The van der Waals surface area contributed by atoms with Crippen LogP contribution in [0.1, 0.15) is 25.7 Å². The van der Waals surface area contributed by atoms with Crippen LogP contribution in [-0.2, 0) is 19.0 Å². The second kappa shape index (κ2) is 8.46. The van der Waals surface area contributed by atoms with E-state index in [0.717, 1.165) is 0 Å². The monoisotopic (exact) mass is 355 g/mol. The smallest absolute Gasteiger partial charge is 0.390 e. The zero-order valence-electron chi connectivity index (χ0n) is 13.6. The van der Waals surface area contributed by atoms with E-state index in [4.69, 9.17) is 9.47 Å². The molecule has 2 heterocycles. The van der Waals surface area contributed by atoms with Gasteiger partial charge < -0.3 is 19.3 Å². The Bertz CT molecular complexity index is 420. The van der Waals surface area contributed by atoms with E-state index < -0.39 is 24.8 Å². The number of hydrogen-bond acceptors (Lipinski definition) is 6. The number of fused-ring (bicyclic) bond motifs is 1. The molecule has 4 atom stereocenters. The van der Waals surface area contributed by atoms with E-state index in [2.05, 4.69) is 4.74 Å². The predicted molar refractivity (Wildman–Crippen MR) is 77.4 cm³/mol. The van der Waals surface area contributed by atoms with Gasteiger partial charge in [0.25, 0.3) is 0 Å². The number of carbonyl (C=O) groups is 1. The number of nitrogens with zero attached hydrogens (tertiary/aromatic N) is 1. The maximum Gasteiger partial charge on any atom is 0.390 e. The van der Waals surface area contributed by atoms with E-state index in [1.807, 2.05) is 0 Å². The highest BCUT2D eigenvalue weighted by molar-refractivity contribution is 5.69. The van der Waals surface area contributed by atoms with Crippen LogP contribution in [0.4, 0.5) is 13.2 Å². The van der Waals surface area contributed by atoms with Crippen LogP contribution in [-0.4, -0.2) is 79.9 Å². The van der Waals surface area contributed by atoms with Crippen LogP contribution in [0, 0.1) is 0 Å². The molecule has 0 amide bonds. The van der Waals surface area contributed by atoms with Gasteiger partial charge in [0.1, 0.15) is 0 Å². The second-order valence-corrected chi connectivity index (χ2v) is 6.27. The highest BCUT2D eigenvalue weighted by Gasteiger charge is 2.39. The zero-order chi connectivity index (χ0) is 17.7. The number of esters is 1. The number of β-amino-alcohol motifs (C(OH)–C–C–N with tert-alkyl or cyclic N) is 1. The molecule has 2 aliphatic rings. The third-order valence-corrected chi connectivity index (χ3v) is 4.39. The molecule has 0 aromatic heterocycles. The first kappa shape index (κ1) is 19.4. The number of rotatable bonds is 4. The van der Waals surface area contributed by atoms with Crippen LogP contribution in [0.3, 0.4) is 0 Å². The Labute approximate surface area is 138 Å². The molecule has 1 N–H and O–H groups in total. The molecule has 2 fully saturated rings. The number of hydrogen-bond donors (Lipinski definition) is 1. The molecule has 24 heavy (non-hydrogen) atoms. The van der Waals surface area contributed by atoms with Gasteiger partial charge in [0.2, 0.25) is 0 Å². The zero-order valence-corrected chi connectivity index (χ0v) is 13.6. The maximum atomic E-state index is 12.6. The maximum absolute atomic E-state index is 12.6. The molecule has 2 rings (SSSR count). The summed E-state index contributed by atoms with van der Waals surface area (Å²) in [5.74, 6) is -0.380. The third kappa shape index (κ3) is 5.87. The van der Waals surface area contributed by atoms with Crippen LogP contribution in [0.2, 0.25) is 0 Å². The summed E-state index contributed by atoms with van der Waals surface area (Å²) in [6.07, 6.45) is -5.50. The summed E-state index contributed by atoms with van der Waals surface area (Å²) in [6, 6.07) is -0.267. The fourth-order valence-corrected chi connectivity index (χ4v) is 3.24. The summed E-state index contributed by atoms with van der Waals surface area (Å²) in [6.45, 7) is 0.160. The lowest BCUT2D eigenvalue weighted by atomic mass is 9.94. The van der Waals surface area contributed by atoms with Crippen LogP contribution in [0.15, 0.2) is 0 Å². The van der Waals surface area contributed by atoms with Crippen LogP contribution < -0.4 is 0 Å². The van der Waals surface area contributed by atoms with Gasteiger partial charge in [-0.3, -0.25) is 9.69 Å². The Morgan fingerprint density at radius 1 is 1.33 bits per heavy atom. The second-order valence-electron chi connectivity index (χ2n) is 6.27. The standard InChI is InChI=1S/C15H24F3NO5/c1-22-14(21)6-11-2-3-12-13(24-11)9-23-8-10(20)7-19(12)5-4-15(16,17)18/h10-13,20H,2-9H2,1H3/t10-,11+,12-,13+/m1/s1. The molecule has 0 unspecified atom stereocenters. The van der Waals surface area contributed by atoms with Gasteiger partial charge in [-0.1, -0.05) is 0 Å². The third-order valence-electron chi connectivity index (χ3n) is 4.39. The van der Waals surface area contributed by atoms with Crippen LogP contribution in [0.5, 0.6) is 0 Å². The molecule has 0 saturated carbocycles. The van der Waals surface area contributed by atoms with Crippen molar-refractivity contribution in [2.75, 3.05) is 33.4 Å². The molecule has 6 nitrogen and oxygen atoms in total. The van der Waals surface area contributed by atoms with Crippen molar-refractivity contribution in [3.05, 3.63) is 0 Å². The van der Waals surface area contributed by atoms with Gasteiger partial charge in [-0.15, -0.1) is 0 Å². The van der Waals surface area contributed by atoms with Gasteiger partial charge >= 0.3 is 12.1 Å². The molecule has 0 aromatic rings. The molecule has 2 aliphatic heterocycles. The number of aliphatic hydroxyl groups is 1. The van der Waals surface area contributed by atoms with E-state index >= 15 is 0 Å². The molecule has 0 aromatic carbocycles. The van der Waals surface area contributed by atoms with Gasteiger partial charge in [-0.05, 0) is 12.8 Å². The van der Waals surface area contributed by atoms with E-state index in [-0.39, 0.29) is 50.8 Å². The number of methoxy groups -OCH3 is 1. The number of carbonyl (C=O) groups excluding carboxylic acids is 1. The molecule has 0 spiro atoms. The van der Waals surface area contributed by atoms with Crippen molar-refractivity contribution in [2.45, 2.75) is 56.2 Å². The Hall–Kier alpha value is -0.900. The molecule has 0 bridgehead atoms. The van der Waals surface area contributed by atoms with Crippen molar-refractivity contribution in [2.24, 2.45) is 0 Å². The van der Waals surface area contributed by atoms with Crippen molar-refractivity contribution in [1.82, 2.24) is 4.90 Å². The largest absolute Gasteiger partial charge is 0.469 e. The molecule has 9 heteroatoms. The van der Waals surface area contributed by atoms with Gasteiger partial charge in [0.05, 0.1) is 51.5 Å². The van der Waals surface area contributed by atoms with Crippen LogP contribution in [0.25, 0.3) is 0 Å². The highest BCUT2D eigenvalue weighted by atomic mass is 19.4. The molecule has 2 saturated heterocycles. The first-order chi connectivity index (χ1) is 11.3. The normalized spacial score (nSPS) is 32.5. The number of alkyl halides is 3. The minimum Gasteiger partial charge on any atom is -0.469 e. The van der Waals surface area contributed by atoms with Crippen molar-refractivity contribution in [3.8, 4) is 0 Å². The average Bonchev–Trinajstić information content (AvgIpc) is 2.49. The lowest BCUT2D eigenvalue weighted by Gasteiger charge is -2.44. The fraction of sp³-hybridized carbons (Fsp3) is 0.933. The lowest BCUT2D eigenvalue weighted by molar-refractivity contribution is -0.172.